The first-order valence-electron chi connectivity index (χ1n) is 4.07. The van der Waals surface area contributed by atoms with Gasteiger partial charge >= 0.3 is 0 Å². The quantitative estimate of drug-likeness (QED) is 0.862. The third-order valence-corrected chi connectivity index (χ3v) is 2.39. The molecule has 0 radical (unpaired) electrons. The number of rotatable bonds is 2. The molecule has 5 heteroatoms. The number of nitrogens with zero attached hydrogens (tertiary/aromatic N) is 1. The summed E-state index contributed by atoms with van der Waals surface area (Å²) in [5.74, 6) is 1.22. The topological polar surface area (TPSA) is 58.1 Å². The minimum atomic E-state index is -0.102. The van der Waals surface area contributed by atoms with Crippen molar-refractivity contribution < 1.29 is 9.84 Å². The van der Waals surface area contributed by atoms with Crippen LogP contribution in [0, 0.1) is 0 Å². The number of methoxy groups -OCH3 is 1. The predicted molar refractivity (Wildman–Crippen MR) is 56.3 cm³/mol. The van der Waals surface area contributed by atoms with Gasteiger partial charge in [-0.3, -0.25) is 0 Å². The van der Waals surface area contributed by atoms with Gasteiger partial charge in [-0.15, -0.1) is 0 Å². The molecule has 2 N–H and O–H groups in total. The van der Waals surface area contributed by atoms with E-state index in [9.17, 15) is 0 Å². The summed E-state index contributed by atoms with van der Waals surface area (Å²) in [7, 11) is 1.59. The number of hydrogen-bond donors (Lipinski definition) is 2. The van der Waals surface area contributed by atoms with E-state index in [0.717, 1.165) is 15.5 Å². The molecule has 0 unspecified atom stereocenters. The Kier molecular flexibility index (Phi) is 2.43. The van der Waals surface area contributed by atoms with E-state index >= 15 is 0 Å². The van der Waals surface area contributed by atoms with Crippen LogP contribution in [0.3, 0.4) is 0 Å². The summed E-state index contributed by atoms with van der Waals surface area (Å²) in [4.78, 5) is 7.18. The van der Waals surface area contributed by atoms with Crippen molar-refractivity contribution in [3.8, 4) is 5.75 Å². The molecule has 0 aliphatic heterocycles. The fourth-order valence-corrected chi connectivity index (χ4v) is 1.77. The summed E-state index contributed by atoms with van der Waals surface area (Å²) in [6.07, 6.45) is 0. The Labute approximate surface area is 89.0 Å². The minimum absolute atomic E-state index is 0.102. The molecule has 0 aliphatic carbocycles. The Balaban J connectivity index is 2.71. The van der Waals surface area contributed by atoms with Crippen molar-refractivity contribution in [3.05, 3.63) is 22.4 Å². The van der Waals surface area contributed by atoms with Crippen molar-refractivity contribution in [3.63, 3.8) is 0 Å². The molecule has 4 nitrogen and oxygen atoms in total. The number of fused-ring (bicyclic) bond motifs is 1. The summed E-state index contributed by atoms with van der Waals surface area (Å²) in [6, 6.07) is 3.73. The first-order valence-corrected chi connectivity index (χ1v) is 4.87. The Morgan fingerprint density at radius 2 is 2.36 bits per heavy atom. The highest BCUT2D eigenvalue weighted by Crippen LogP contribution is 2.28. The van der Waals surface area contributed by atoms with Gasteiger partial charge in [-0.1, -0.05) is 15.9 Å². The zero-order valence-corrected chi connectivity index (χ0v) is 9.13. The van der Waals surface area contributed by atoms with Crippen LogP contribution in [0.25, 0.3) is 11.0 Å². The highest BCUT2D eigenvalue weighted by atomic mass is 79.9. The van der Waals surface area contributed by atoms with E-state index in [4.69, 9.17) is 9.84 Å². The van der Waals surface area contributed by atoms with Gasteiger partial charge in [0.2, 0.25) is 0 Å². The monoisotopic (exact) mass is 256 g/mol. The number of aromatic nitrogens is 2. The molecular weight excluding hydrogens is 248 g/mol. The fraction of sp³-hybridized carbons (Fsp3) is 0.222. The van der Waals surface area contributed by atoms with Crippen molar-refractivity contribution in [2.75, 3.05) is 7.11 Å². The molecule has 0 amide bonds. The first kappa shape index (κ1) is 9.48. The number of benzene rings is 1. The molecule has 0 fully saturated rings. The van der Waals surface area contributed by atoms with Crippen LogP contribution in [-0.2, 0) is 6.61 Å². The van der Waals surface area contributed by atoms with E-state index in [0.29, 0.717) is 11.6 Å². The Morgan fingerprint density at radius 3 is 3.00 bits per heavy atom. The van der Waals surface area contributed by atoms with Gasteiger partial charge < -0.3 is 14.8 Å². The Morgan fingerprint density at radius 1 is 1.57 bits per heavy atom. The van der Waals surface area contributed by atoms with Gasteiger partial charge in [0.15, 0.2) is 0 Å². The average Bonchev–Trinajstić information content (AvgIpc) is 2.59. The van der Waals surface area contributed by atoms with Gasteiger partial charge in [0.25, 0.3) is 0 Å². The number of halogens is 1. The van der Waals surface area contributed by atoms with Gasteiger partial charge in [-0.05, 0) is 12.1 Å². The fourth-order valence-electron chi connectivity index (χ4n) is 1.33. The van der Waals surface area contributed by atoms with Gasteiger partial charge in [0, 0.05) is 4.47 Å². The van der Waals surface area contributed by atoms with Gasteiger partial charge in [-0.2, -0.15) is 0 Å². The number of hydrogen-bond acceptors (Lipinski definition) is 3. The summed E-state index contributed by atoms with van der Waals surface area (Å²) in [5, 5.41) is 8.93. The summed E-state index contributed by atoms with van der Waals surface area (Å²) in [6.45, 7) is -0.102. The van der Waals surface area contributed by atoms with Gasteiger partial charge in [0.1, 0.15) is 23.7 Å². The largest absolute Gasteiger partial charge is 0.494 e. The second-order valence-corrected chi connectivity index (χ2v) is 3.76. The van der Waals surface area contributed by atoms with Crippen molar-refractivity contribution in [1.82, 2.24) is 9.97 Å². The number of aliphatic hydroxyl groups is 1. The molecule has 2 aromatic rings. The maximum atomic E-state index is 8.93. The van der Waals surface area contributed by atoms with Crippen molar-refractivity contribution in [1.29, 1.82) is 0 Å². The number of H-pyrrole nitrogens is 1. The number of aromatic amines is 1. The van der Waals surface area contributed by atoms with Crippen LogP contribution < -0.4 is 4.74 Å². The second kappa shape index (κ2) is 3.59. The third kappa shape index (κ3) is 1.49. The molecule has 2 rings (SSSR count). The van der Waals surface area contributed by atoms with Crippen LogP contribution in [-0.4, -0.2) is 22.2 Å². The van der Waals surface area contributed by atoms with E-state index in [1.54, 1.807) is 7.11 Å². The van der Waals surface area contributed by atoms with Crippen LogP contribution in [0.1, 0.15) is 5.82 Å². The first-order chi connectivity index (χ1) is 6.74. The number of ether oxygens (including phenoxy) is 1. The molecule has 0 saturated carbocycles. The normalized spacial score (nSPS) is 10.8. The molecule has 0 spiro atoms. The van der Waals surface area contributed by atoms with Crippen LogP contribution in [0.2, 0.25) is 0 Å². The SMILES string of the molecule is COc1cc(Br)cc2[nH]c(CO)nc12. The predicted octanol–water partition coefficient (Wildman–Crippen LogP) is 1.83. The molecule has 0 bridgehead atoms. The molecule has 1 heterocycles. The van der Waals surface area contributed by atoms with Crippen LogP contribution in [0.15, 0.2) is 16.6 Å². The zero-order chi connectivity index (χ0) is 10.1. The van der Waals surface area contributed by atoms with E-state index in [-0.39, 0.29) is 6.61 Å². The van der Waals surface area contributed by atoms with Crippen molar-refractivity contribution >= 4 is 27.0 Å². The third-order valence-electron chi connectivity index (χ3n) is 1.94. The summed E-state index contributed by atoms with van der Waals surface area (Å²) < 4.78 is 6.08. The molecule has 0 aliphatic rings. The maximum absolute atomic E-state index is 8.93. The minimum Gasteiger partial charge on any atom is -0.494 e. The smallest absolute Gasteiger partial charge is 0.147 e. The van der Waals surface area contributed by atoms with E-state index < -0.39 is 0 Å². The molecule has 0 saturated heterocycles. The average molecular weight is 257 g/mol. The Bertz CT molecular complexity index is 467. The van der Waals surface area contributed by atoms with Gasteiger partial charge in [0.05, 0.1) is 12.6 Å². The van der Waals surface area contributed by atoms with Crippen molar-refractivity contribution in [2.24, 2.45) is 0 Å². The second-order valence-electron chi connectivity index (χ2n) is 2.85. The molecule has 1 aromatic carbocycles. The molecule has 74 valence electrons. The highest BCUT2D eigenvalue weighted by Gasteiger charge is 2.08. The summed E-state index contributed by atoms with van der Waals surface area (Å²) in [5.41, 5.74) is 1.58. The standard InChI is InChI=1S/C9H9BrN2O2/c1-14-7-3-5(10)2-6-9(7)12-8(4-13)11-6/h2-3,13H,4H2,1H3,(H,11,12). The molecular formula is C9H9BrN2O2. The van der Waals surface area contributed by atoms with Crippen molar-refractivity contribution in [2.45, 2.75) is 6.61 Å². The number of aliphatic hydroxyl groups excluding tert-OH is 1. The van der Waals surface area contributed by atoms with Crippen LogP contribution >= 0.6 is 15.9 Å². The zero-order valence-electron chi connectivity index (χ0n) is 7.54. The lowest BCUT2D eigenvalue weighted by Gasteiger charge is -2.00. The van der Waals surface area contributed by atoms with Crippen LogP contribution in [0.4, 0.5) is 0 Å². The lowest BCUT2D eigenvalue weighted by Crippen LogP contribution is -1.85. The maximum Gasteiger partial charge on any atom is 0.147 e. The van der Waals surface area contributed by atoms with E-state index in [1.165, 1.54) is 0 Å². The molecule has 1 aromatic heterocycles. The summed E-state index contributed by atoms with van der Waals surface area (Å²) >= 11 is 3.36. The Hall–Kier alpha value is -1.07. The highest BCUT2D eigenvalue weighted by molar-refractivity contribution is 9.10. The van der Waals surface area contributed by atoms with E-state index in [2.05, 4.69) is 25.9 Å². The lowest BCUT2D eigenvalue weighted by atomic mass is 10.3. The molecule has 0 atom stereocenters. The number of imidazole rings is 1. The van der Waals surface area contributed by atoms with E-state index in [1.807, 2.05) is 12.1 Å². The number of nitrogens with one attached hydrogen (secondary N) is 1. The van der Waals surface area contributed by atoms with Crippen LogP contribution in [0.5, 0.6) is 5.75 Å². The van der Waals surface area contributed by atoms with Gasteiger partial charge in [-0.25, -0.2) is 4.98 Å². The molecule has 14 heavy (non-hydrogen) atoms. The lowest BCUT2D eigenvalue weighted by molar-refractivity contribution is 0.273.